The molecule has 3 aromatic rings. The Kier molecular flexibility index (Phi) is 7.12. The van der Waals surface area contributed by atoms with Crippen LogP contribution in [0.3, 0.4) is 0 Å². The molecule has 2 heterocycles. The number of hydrogen-bond donors (Lipinski definition) is 4. The lowest BCUT2D eigenvalue weighted by Gasteiger charge is -2.14. The van der Waals surface area contributed by atoms with Crippen molar-refractivity contribution in [3.05, 3.63) is 42.9 Å². The Morgan fingerprint density at radius 3 is 2.86 bits per heavy atom. The number of nitrogens with two attached hydrogens (primary N) is 1. The average Bonchev–Trinajstić information content (AvgIpc) is 2.73. The second-order valence-corrected chi connectivity index (χ2v) is 6.34. The number of fused-ring (bicyclic) bond motifs is 1. The summed E-state index contributed by atoms with van der Waals surface area (Å²) < 4.78 is 5.76. The number of aromatic nitrogens is 3. The fraction of sp³-hybridized carbons (Fsp3) is 0.300. The van der Waals surface area contributed by atoms with Crippen LogP contribution in [0.5, 0.6) is 5.75 Å². The van der Waals surface area contributed by atoms with E-state index in [1.807, 2.05) is 30.3 Å². The number of ether oxygens (including phenoxy) is 1. The summed E-state index contributed by atoms with van der Waals surface area (Å²) in [6.07, 6.45) is 4.52. The van der Waals surface area contributed by atoms with Gasteiger partial charge in [0, 0.05) is 18.4 Å². The number of benzene rings is 1. The summed E-state index contributed by atoms with van der Waals surface area (Å²) in [5.41, 5.74) is 6.98. The van der Waals surface area contributed by atoms with E-state index in [1.165, 1.54) is 6.33 Å². The molecule has 0 amide bonds. The first kappa shape index (κ1) is 20.3. The number of anilines is 3. The van der Waals surface area contributed by atoms with Crippen LogP contribution in [0.25, 0.3) is 10.9 Å². The van der Waals surface area contributed by atoms with Gasteiger partial charge in [0.2, 0.25) is 0 Å². The highest BCUT2D eigenvalue weighted by atomic mass is 16.5. The molecule has 152 valence electrons. The van der Waals surface area contributed by atoms with Gasteiger partial charge in [-0.2, -0.15) is 0 Å². The summed E-state index contributed by atoms with van der Waals surface area (Å²) in [6.45, 7) is 1.66. The van der Waals surface area contributed by atoms with E-state index in [2.05, 4.69) is 25.6 Å². The fourth-order valence-electron chi connectivity index (χ4n) is 2.70. The summed E-state index contributed by atoms with van der Waals surface area (Å²) in [5, 5.41) is 16.1. The van der Waals surface area contributed by atoms with Crippen LogP contribution in [-0.4, -0.2) is 45.7 Å². The summed E-state index contributed by atoms with van der Waals surface area (Å²) in [6, 6.07) is 9.34. The molecule has 0 aliphatic heterocycles. The molecular formula is C20H24N6O3. The van der Waals surface area contributed by atoms with Gasteiger partial charge in [-0.05, 0) is 37.6 Å². The molecule has 0 atom stereocenters. The zero-order chi connectivity index (χ0) is 20.5. The second-order valence-electron chi connectivity index (χ2n) is 6.34. The Labute approximate surface area is 168 Å². The average molecular weight is 396 g/mol. The summed E-state index contributed by atoms with van der Waals surface area (Å²) in [4.78, 5) is 23.7. The zero-order valence-corrected chi connectivity index (χ0v) is 16.0. The topological polar surface area (TPSA) is 135 Å². The fourth-order valence-corrected chi connectivity index (χ4v) is 2.70. The molecule has 0 radical (unpaired) electrons. The number of carboxylic acids is 1. The van der Waals surface area contributed by atoms with Gasteiger partial charge in [0.05, 0.1) is 24.0 Å². The molecular weight excluding hydrogens is 372 g/mol. The minimum Gasteiger partial charge on any atom is -0.491 e. The van der Waals surface area contributed by atoms with Crippen LogP contribution in [0.1, 0.15) is 19.3 Å². The van der Waals surface area contributed by atoms with E-state index in [0.717, 1.165) is 29.9 Å². The number of aliphatic carboxylic acids is 1. The lowest BCUT2D eigenvalue weighted by atomic mass is 10.2. The van der Waals surface area contributed by atoms with Crippen molar-refractivity contribution in [1.29, 1.82) is 0 Å². The predicted molar refractivity (Wildman–Crippen MR) is 112 cm³/mol. The first-order valence-electron chi connectivity index (χ1n) is 9.42. The van der Waals surface area contributed by atoms with Gasteiger partial charge in [-0.15, -0.1) is 0 Å². The number of nitrogens with zero attached hydrogens (tertiary/aromatic N) is 3. The lowest BCUT2D eigenvalue weighted by molar-refractivity contribution is -0.137. The maximum absolute atomic E-state index is 10.7. The minimum absolute atomic E-state index is 0.0685. The summed E-state index contributed by atoms with van der Waals surface area (Å²) in [5.74, 6) is 1.14. The van der Waals surface area contributed by atoms with E-state index >= 15 is 0 Å². The van der Waals surface area contributed by atoms with Gasteiger partial charge in [-0.1, -0.05) is 12.1 Å². The number of carboxylic acid groups (broad SMARTS) is 1. The van der Waals surface area contributed by atoms with Crippen LogP contribution in [0.4, 0.5) is 17.3 Å². The number of nitrogens with one attached hydrogen (secondary N) is 2. The number of pyridine rings is 1. The first-order chi connectivity index (χ1) is 14.2. The maximum atomic E-state index is 10.7. The van der Waals surface area contributed by atoms with Crippen LogP contribution in [0.2, 0.25) is 0 Å². The van der Waals surface area contributed by atoms with E-state index < -0.39 is 5.97 Å². The van der Waals surface area contributed by atoms with Crippen molar-refractivity contribution >= 4 is 34.2 Å². The third-order valence-corrected chi connectivity index (χ3v) is 4.14. The van der Waals surface area contributed by atoms with Crippen LogP contribution in [0.15, 0.2) is 42.9 Å². The van der Waals surface area contributed by atoms with Gasteiger partial charge in [0.1, 0.15) is 23.7 Å². The largest absolute Gasteiger partial charge is 0.491 e. The summed E-state index contributed by atoms with van der Waals surface area (Å²) in [7, 11) is 0. The molecule has 0 unspecified atom stereocenters. The Bertz CT molecular complexity index is 966. The number of carbonyl (C=O) groups is 1. The number of hydrogen-bond acceptors (Lipinski definition) is 8. The molecule has 0 spiro atoms. The maximum Gasteiger partial charge on any atom is 0.303 e. The highest BCUT2D eigenvalue weighted by Gasteiger charge is 2.10. The SMILES string of the molecule is NCCCNc1cc2c(Nc3ccccc3OCCCC(=O)O)ncnc2cn1. The molecule has 0 saturated heterocycles. The Balaban J connectivity index is 1.79. The molecule has 0 bridgehead atoms. The van der Waals surface area contributed by atoms with Gasteiger partial charge < -0.3 is 26.2 Å². The first-order valence-corrected chi connectivity index (χ1v) is 9.42. The standard InChI is InChI=1S/C20H24N6O3/c21-8-4-9-22-18-11-14-16(12-23-18)24-13-25-20(14)26-15-5-1-2-6-17(15)29-10-3-7-19(27)28/h1-2,5-6,11-13H,3-4,7-10,21H2,(H,22,23)(H,27,28)(H,24,25,26). The van der Waals surface area contributed by atoms with Crippen LogP contribution < -0.4 is 21.1 Å². The molecule has 2 aromatic heterocycles. The minimum atomic E-state index is -0.836. The van der Waals surface area contributed by atoms with Gasteiger partial charge in [0.15, 0.2) is 0 Å². The van der Waals surface area contributed by atoms with Crippen molar-refractivity contribution in [3.8, 4) is 5.75 Å². The van der Waals surface area contributed by atoms with E-state index in [9.17, 15) is 4.79 Å². The lowest BCUT2D eigenvalue weighted by Crippen LogP contribution is -2.09. The van der Waals surface area contributed by atoms with Crippen molar-refractivity contribution < 1.29 is 14.6 Å². The smallest absolute Gasteiger partial charge is 0.303 e. The van der Waals surface area contributed by atoms with E-state index in [-0.39, 0.29) is 6.42 Å². The Morgan fingerprint density at radius 1 is 1.17 bits per heavy atom. The highest BCUT2D eigenvalue weighted by Crippen LogP contribution is 2.30. The molecule has 3 rings (SSSR count). The van der Waals surface area contributed by atoms with Crippen LogP contribution >= 0.6 is 0 Å². The van der Waals surface area contributed by atoms with Crippen molar-refractivity contribution in [1.82, 2.24) is 15.0 Å². The van der Waals surface area contributed by atoms with Crippen molar-refractivity contribution in [2.75, 3.05) is 30.3 Å². The molecule has 9 nitrogen and oxygen atoms in total. The predicted octanol–water partition coefficient (Wildman–Crippen LogP) is 2.77. The molecule has 0 saturated carbocycles. The quantitative estimate of drug-likeness (QED) is 0.361. The molecule has 0 aliphatic rings. The molecule has 1 aromatic carbocycles. The van der Waals surface area contributed by atoms with Crippen LogP contribution in [-0.2, 0) is 4.79 Å². The van der Waals surface area contributed by atoms with E-state index in [4.69, 9.17) is 15.6 Å². The second kappa shape index (κ2) is 10.2. The van der Waals surface area contributed by atoms with Crippen molar-refractivity contribution in [3.63, 3.8) is 0 Å². The van der Waals surface area contributed by atoms with E-state index in [1.54, 1.807) is 6.20 Å². The van der Waals surface area contributed by atoms with Gasteiger partial charge in [-0.25, -0.2) is 15.0 Å². The molecule has 29 heavy (non-hydrogen) atoms. The normalized spacial score (nSPS) is 10.7. The number of para-hydroxylation sites is 2. The molecule has 0 aliphatic carbocycles. The number of rotatable bonds is 11. The Hall–Kier alpha value is -3.46. The monoisotopic (exact) mass is 396 g/mol. The highest BCUT2D eigenvalue weighted by molar-refractivity contribution is 5.92. The van der Waals surface area contributed by atoms with Crippen LogP contribution in [0, 0.1) is 0 Å². The van der Waals surface area contributed by atoms with Crippen molar-refractivity contribution in [2.24, 2.45) is 5.73 Å². The Morgan fingerprint density at radius 2 is 2.03 bits per heavy atom. The van der Waals surface area contributed by atoms with Gasteiger partial charge >= 0.3 is 5.97 Å². The molecule has 0 fully saturated rings. The van der Waals surface area contributed by atoms with E-state index in [0.29, 0.717) is 36.7 Å². The van der Waals surface area contributed by atoms with Gasteiger partial charge in [-0.3, -0.25) is 4.79 Å². The molecule has 9 heteroatoms. The zero-order valence-electron chi connectivity index (χ0n) is 16.0. The third kappa shape index (κ3) is 5.76. The molecule has 5 N–H and O–H groups in total. The van der Waals surface area contributed by atoms with Crippen molar-refractivity contribution in [2.45, 2.75) is 19.3 Å². The third-order valence-electron chi connectivity index (χ3n) is 4.14. The van der Waals surface area contributed by atoms with Gasteiger partial charge in [0.25, 0.3) is 0 Å². The summed E-state index contributed by atoms with van der Waals surface area (Å²) >= 11 is 0.